The van der Waals surface area contributed by atoms with E-state index in [-0.39, 0.29) is 5.78 Å². The minimum absolute atomic E-state index is 0.0196. The van der Waals surface area contributed by atoms with Gasteiger partial charge in [0.25, 0.3) is 0 Å². The molecule has 2 rings (SSSR count). The summed E-state index contributed by atoms with van der Waals surface area (Å²) in [5.74, 6) is 0.913. The third kappa shape index (κ3) is 3.43. The van der Waals surface area contributed by atoms with Gasteiger partial charge in [-0.25, -0.2) is 0 Å². The monoisotopic (exact) mass is 354 g/mol. The van der Waals surface area contributed by atoms with Crippen molar-refractivity contribution in [3.63, 3.8) is 0 Å². The Kier molecular flexibility index (Phi) is 5.25. The number of carbonyl (C=O) groups excluding carboxylic acids is 1. The van der Waals surface area contributed by atoms with Crippen LogP contribution in [0.5, 0.6) is 5.75 Å². The molecule has 0 aliphatic rings. The number of benzene rings is 1. The fourth-order valence-electron chi connectivity index (χ4n) is 1.81. The lowest BCUT2D eigenvalue weighted by atomic mass is 10.3. The van der Waals surface area contributed by atoms with Gasteiger partial charge in [0.1, 0.15) is 5.69 Å². The van der Waals surface area contributed by atoms with Crippen LogP contribution in [-0.2, 0) is 6.54 Å². The standard InChI is InChI=1S/C14H15BrN2O2S/c1-3-17-14(13(19-2)8-16-17)12(18)9-20-11-6-4-5-10(15)7-11/h4-8H,3,9H2,1-2H3. The first-order valence-electron chi connectivity index (χ1n) is 6.17. The van der Waals surface area contributed by atoms with Crippen molar-refractivity contribution in [2.75, 3.05) is 12.9 Å². The summed E-state index contributed by atoms with van der Waals surface area (Å²) in [4.78, 5) is 13.4. The first kappa shape index (κ1) is 15.1. The van der Waals surface area contributed by atoms with Gasteiger partial charge < -0.3 is 4.74 Å². The molecule has 0 fully saturated rings. The maximum Gasteiger partial charge on any atom is 0.194 e. The summed E-state index contributed by atoms with van der Waals surface area (Å²) in [6.07, 6.45) is 1.58. The molecule has 0 aliphatic heterocycles. The van der Waals surface area contributed by atoms with Gasteiger partial charge >= 0.3 is 0 Å². The van der Waals surface area contributed by atoms with E-state index in [4.69, 9.17) is 4.74 Å². The van der Waals surface area contributed by atoms with Crippen LogP contribution in [0.3, 0.4) is 0 Å². The molecule has 2 aromatic rings. The molecular formula is C14H15BrN2O2S. The van der Waals surface area contributed by atoms with E-state index in [0.717, 1.165) is 9.37 Å². The van der Waals surface area contributed by atoms with E-state index in [0.29, 0.717) is 23.7 Å². The topological polar surface area (TPSA) is 44.1 Å². The van der Waals surface area contributed by atoms with Crippen molar-refractivity contribution in [2.24, 2.45) is 0 Å². The van der Waals surface area contributed by atoms with Crippen LogP contribution < -0.4 is 4.74 Å². The highest BCUT2D eigenvalue weighted by Crippen LogP contribution is 2.25. The summed E-state index contributed by atoms with van der Waals surface area (Å²) < 4.78 is 7.87. The molecule has 0 atom stereocenters. The SMILES string of the molecule is CCn1ncc(OC)c1C(=O)CSc1cccc(Br)c1. The molecule has 20 heavy (non-hydrogen) atoms. The number of ketones is 1. The molecular weight excluding hydrogens is 340 g/mol. The Bertz CT molecular complexity index is 591. The quantitative estimate of drug-likeness (QED) is 0.586. The number of Topliss-reactive ketones (excluding diaryl/α,β-unsaturated/α-hetero) is 1. The average molecular weight is 355 g/mol. The van der Waals surface area contributed by atoms with E-state index in [1.165, 1.54) is 11.8 Å². The lowest BCUT2D eigenvalue weighted by molar-refractivity contribution is 0.100. The third-order valence-corrected chi connectivity index (χ3v) is 4.24. The highest BCUT2D eigenvalue weighted by Gasteiger charge is 2.18. The van der Waals surface area contributed by atoms with E-state index in [9.17, 15) is 4.79 Å². The second-order valence-corrected chi connectivity index (χ2v) is 6.01. The van der Waals surface area contributed by atoms with Crippen LogP contribution >= 0.6 is 27.7 Å². The molecule has 0 radical (unpaired) electrons. The molecule has 0 N–H and O–H groups in total. The van der Waals surface area contributed by atoms with Crippen LogP contribution in [0.2, 0.25) is 0 Å². The molecule has 0 aliphatic carbocycles. The molecule has 1 aromatic carbocycles. The predicted molar refractivity (Wildman–Crippen MR) is 83.6 cm³/mol. The minimum atomic E-state index is 0.0196. The first-order chi connectivity index (χ1) is 9.65. The average Bonchev–Trinajstić information content (AvgIpc) is 2.88. The maximum atomic E-state index is 12.4. The van der Waals surface area contributed by atoms with Crippen molar-refractivity contribution < 1.29 is 9.53 Å². The van der Waals surface area contributed by atoms with Crippen molar-refractivity contribution in [3.05, 3.63) is 40.6 Å². The van der Waals surface area contributed by atoms with Gasteiger partial charge in [0.2, 0.25) is 0 Å². The molecule has 1 heterocycles. The normalized spacial score (nSPS) is 10.6. The van der Waals surface area contributed by atoms with Crippen molar-refractivity contribution in [1.29, 1.82) is 0 Å². The smallest absolute Gasteiger partial charge is 0.194 e. The van der Waals surface area contributed by atoms with Gasteiger partial charge in [-0.1, -0.05) is 22.0 Å². The molecule has 4 nitrogen and oxygen atoms in total. The Morgan fingerprint density at radius 1 is 1.50 bits per heavy atom. The summed E-state index contributed by atoms with van der Waals surface area (Å²) in [6.45, 7) is 2.59. The zero-order valence-corrected chi connectivity index (χ0v) is 13.7. The van der Waals surface area contributed by atoms with E-state index in [1.54, 1.807) is 18.0 Å². The van der Waals surface area contributed by atoms with Gasteiger partial charge in [-0.15, -0.1) is 11.8 Å². The number of methoxy groups -OCH3 is 1. The van der Waals surface area contributed by atoms with Gasteiger partial charge in [-0.3, -0.25) is 9.48 Å². The molecule has 0 amide bonds. The van der Waals surface area contributed by atoms with Gasteiger partial charge in [0, 0.05) is 15.9 Å². The number of rotatable bonds is 6. The zero-order valence-electron chi connectivity index (χ0n) is 11.3. The minimum Gasteiger partial charge on any atom is -0.493 e. The Labute approximate surface area is 130 Å². The van der Waals surface area contributed by atoms with Gasteiger partial charge in [0.05, 0.1) is 19.1 Å². The van der Waals surface area contributed by atoms with Crippen LogP contribution in [0, 0.1) is 0 Å². The molecule has 0 spiro atoms. The van der Waals surface area contributed by atoms with Crippen LogP contribution in [-0.4, -0.2) is 28.4 Å². The highest BCUT2D eigenvalue weighted by molar-refractivity contribution is 9.10. The number of ether oxygens (including phenoxy) is 1. The van der Waals surface area contributed by atoms with Crippen molar-refractivity contribution in [2.45, 2.75) is 18.4 Å². The second-order valence-electron chi connectivity index (χ2n) is 4.05. The van der Waals surface area contributed by atoms with Crippen LogP contribution in [0.4, 0.5) is 0 Å². The summed E-state index contributed by atoms with van der Waals surface area (Å²) >= 11 is 4.92. The van der Waals surface area contributed by atoms with E-state index < -0.39 is 0 Å². The van der Waals surface area contributed by atoms with E-state index >= 15 is 0 Å². The predicted octanol–water partition coefficient (Wildman–Crippen LogP) is 3.65. The number of hydrogen-bond donors (Lipinski definition) is 0. The number of thioether (sulfide) groups is 1. The van der Waals surface area contributed by atoms with Gasteiger partial charge in [-0.2, -0.15) is 5.10 Å². The zero-order chi connectivity index (χ0) is 14.5. The molecule has 0 saturated heterocycles. The van der Waals surface area contributed by atoms with Crippen LogP contribution in [0.1, 0.15) is 17.4 Å². The number of hydrogen-bond acceptors (Lipinski definition) is 4. The molecule has 106 valence electrons. The lowest BCUT2D eigenvalue weighted by Crippen LogP contribution is -2.12. The highest BCUT2D eigenvalue weighted by atomic mass is 79.9. The molecule has 6 heteroatoms. The maximum absolute atomic E-state index is 12.4. The summed E-state index contributed by atoms with van der Waals surface area (Å²) in [5, 5.41) is 4.15. The van der Waals surface area contributed by atoms with Gasteiger partial charge in [-0.05, 0) is 25.1 Å². The van der Waals surface area contributed by atoms with E-state index in [2.05, 4.69) is 21.0 Å². The number of nitrogens with zero attached hydrogens (tertiary/aromatic N) is 2. The fraction of sp³-hybridized carbons (Fsp3) is 0.286. The fourth-order valence-corrected chi connectivity index (χ4v) is 3.18. The summed E-state index contributed by atoms with van der Waals surface area (Å²) in [7, 11) is 1.55. The van der Waals surface area contributed by atoms with Crippen molar-refractivity contribution in [3.8, 4) is 5.75 Å². The first-order valence-corrected chi connectivity index (χ1v) is 7.95. The van der Waals surface area contributed by atoms with E-state index in [1.807, 2.05) is 31.2 Å². The number of aromatic nitrogens is 2. The Morgan fingerprint density at radius 2 is 2.30 bits per heavy atom. The summed E-state index contributed by atoms with van der Waals surface area (Å²) in [5.41, 5.74) is 0.539. The van der Waals surface area contributed by atoms with Crippen molar-refractivity contribution in [1.82, 2.24) is 9.78 Å². The molecule has 0 saturated carbocycles. The molecule has 0 bridgehead atoms. The van der Waals surface area contributed by atoms with Crippen molar-refractivity contribution >= 4 is 33.5 Å². The molecule has 1 aromatic heterocycles. The number of aryl methyl sites for hydroxylation is 1. The Hall–Kier alpha value is -1.27. The number of halogens is 1. The lowest BCUT2D eigenvalue weighted by Gasteiger charge is -2.06. The number of carbonyl (C=O) groups is 1. The van der Waals surface area contributed by atoms with Gasteiger partial charge in [0.15, 0.2) is 11.5 Å². The largest absolute Gasteiger partial charge is 0.493 e. The molecule has 0 unspecified atom stereocenters. The summed E-state index contributed by atoms with van der Waals surface area (Å²) in [6, 6.07) is 7.89. The Morgan fingerprint density at radius 3 is 2.95 bits per heavy atom. The Balaban J connectivity index is 2.10. The van der Waals surface area contributed by atoms with Crippen LogP contribution in [0.15, 0.2) is 39.8 Å². The second kappa shape index (κ2) is 6.95. The van der Waals surface area contributed by atoms with Crippen LogP contribution in [0.25, 0.3) is 0 Å². The third-order valence-electron chi connectivity index (χ3n) is 2.76.